The molecule has 1 unspecified atom stereocenters. The first kappa shape index (κ1) is 10.0. The quantitative estimate of drug-likeness (QED) is 0.718. The number of hydrogen-bond donors (Lipinski definition) is 0. The summed E-state index contributed by atoms with van der Waals surface area (Å²) in [6.45, 7) is 0. The van der Waals surface area contributed by atoms with E-state index in [2.05, 4.69) is 37.9 Å². The van der Waals surface area contributed by atoms with E-state index in [-0.39, 0.29) is 4.83 Å². The lowest BCUT2D eigenvalue weighted by molar-refractivity contribution is 1.24. The van der Waals surface area contributed by atoms with Gasteiger partial charge in [-0.05, 0) is 33.6 Å². The van der Waals surface area contributed by atoms with Crippen molar-refractivity contribution < 1.29 is 0 Å². The average molecular weight is 309 g/mol. The van der Waals surface area contributed by atoms with E-state index in [4.69, 9.17) is 16.9 Å². The predicted molar refractivity (Wildman–Crippen MR) is 56.4 cm³/mol. The second-order valence-electron chi connectivity index (χ2n) is 2.17. The minimum atomic E-state index is -0.272. The Balaban J connectivity index is 3.06. The summed E-state index contributed by atoms with van der Waals surface area (Å²) in [4.78, 5) is -0.272. The van der Waals surface area contributed by atoms with Gasteiger partial charge in [-0.15, -0.1) is 0 Å². The van der Waals surface area contributed by atoms with Gasteiger partial charge in [0.1, 0.15) is 4.83 Å². The summed E-state index contributed by atoms with van der Waals surface area (Å²) in [5, 5.41) is 9.25. The van der Waals surface area contributed by atoms with Crippen molar-refractivity contribution in [3.05, 3.63) is 33.3 Å². The Labute approximate surface area is 92.6 Å². The topological polar surface area (TPSA) is 23.8 Å². The molecule has 0 bridgehead atoms. The summed E-state index contributed by atoms with van der Waals surface area (Å²) in [6.07, 6.45) is 0. The molecule has 62 valence electrons. The van der Waals surface area contributed by atoms with Gasteiger partial charge in [0, 0.05) is 4.47 Å². The summed E-state index contributed by atoms with van der Waals surface area (Å²) in [5.41, 5.74) is 0.897. The van der Waals surface area contributed by atoms with E-state index >= 15 is 0 Å². The molecule has 0 aromatic heterocycles. The highest BCUT2D eigenvalue weighted by Crippen LogP contribution is 2.29. The first-order valence-corrected chi connectivity index (χ1v) is 5.22. The molecule has 0 saturated heterocycles. The number of nitriles is 1. The van der Waals surface area contributed by atoms with Crippen molar-refractivity contribution in [3.8, 4) is 6.07 Å². The molecular formula is C8H4Br2ClN. The molecule has 0 N–H and O–H groups in total. The second-order valence-corrected chi connectivity index (χ2v) is 4.34. The van der Waals surface area contributed by atoms with Gasteiger partial charge in [-0.1, -0.05) is 33.6 Å². The van der Waals surface area contributed by atoms with E-state index in [9.17, 15) is 0 Å². The van der Waals surface area contributed by atoms with E-state index in [1.54, 1.807) is 6.07 Å². The van der Waals surface area contributed by atoms with Crippen molar-refractivity contribution in [2.75, 3.05) is 0 Å². The third-order valence-electron chi connectivity index (χ3n) is 1.35. The Morgan fingerprint density at radius 2 is 2.17 bits per heavy atom. The maximum atomic E-state index is 8.60. The number of hydrogen-bond acceptors (Lipinski definition) is 1. The maximum absolute atomic E-state index is 8.60. The molecule has 0 radical (unpaired) electrons. The van der Waals surface area contributed by atoms with Crippen molar-refractivity contribution in [3.63, 3.8) is 0 Å². The molecule has 0 amide bonds. The molecule has 0 aliphatic carbocycles. The number of benzene rings is 1. The van der Waals surface area contributed by atoms with Crippen molar-refractivity contribution in [2.45, 2.75) is 4.83 Å². The van der Waals surface area contributed by atoms with E-state index in [0.29, 0.717) is 5.02 Å². The molecule has 1 aromatic rings. The molecule has 4 heteroatoms. The SMILES string of the molecule is N#CC(Br)c1ccc(Cl)c(Br)c1. The first-order valence-electron chi connectivity index (χ1n) is 3.14. The van der Waals surface area contributed by atoms with E-state index in [0.717, 1.165) is 10.0 Å². The summed E-state index contributed by atoms with van der Waals surface area (Å²) in [5.74, 6) is 0. The van der Waals surface area contributed by atoms with Crippen LogP contribution >= 0.6 is 43.5 Å². The van der Waals surface area contributed by atoms with E-state index < -0.39 is 0 Å². The van der Waals surface area contributed by atoms with Crippen LogP contribution < -0.4 is 0 Å². The van der Waals surface area contributed by atoms with Crippen molar-refractivity contribution in [1.82, 2.24) is 0 Å². The molecule has 0 spiro atoms. The average Bonchev–Trinajstić information content (AvgIpc) is 2.08. The monoisotopic (exact) mass is 307 g/mol. The molecule has 0 saturated carbocycles. The number of alkyl halides is 1. The third kappa shape index (κ3) is 2.22. The molecule has 1 atom stereocenters. The number of halogens is 3. The van der Waals surface area contributed by atoms with Crippen molar-refractivity contribution >= 4 is 43.5 Å². The summed E-state index contributed by atoms with van der Waals surface area (Å²) in [7, 11) is 0. The van der Waals surface area contributed by atoms with Crippen LogP contribution in [0, 0.1) is 11.3 Å². The predicted octanol–water partition coefficient (Wildman–Crippen LogP) is 4.06. The maximum Gasteiger partial charge on any atom is 0.126 e. The van der Waals surface area contributed by atoms with Crippen LogP contribution in [0.3, 0.4) is 0 Å². The molecular weight excluding hydrogens is 305 g/mol. The van der Waals surface area contributed by atoms with Crippen LogP contribution in [-0.2, 0) is 0 Å². The molecule has 0 aliphatic heterocycles. The summed E-state index contributed by atoms with van der Waals surface area (Å²) in [6, 6.07) is 7.48. The smallest absolute Gasteiger partial charge is 0.126 e. The fraction of sp³-hybridized carbons (Fsp3) is 0.125. The molecule has 0 heterocycles. The normalized spacial score (nSPS) is 12.2. The lowest BCUT2D eigenvalue weighted by Gasteiger charge is -2.02. The van der Waals surface area contributed by atoms with Crippen LogP contribution in [0.2, 0.25) is 5.02 Å². The first-order chi connectivity index (χ1) is 5.65. The van der Waals surface area contributed by atoms with Crippen LogP contribution in [0.15, 0.2) is 22.7 Å². The zero-order valence-corrected chi connectivity index (χ0v) is 9.82. The molecule has 1 aromatic carbocycles. The zero-order valence-electron chi connectivity index (χ0n) is 5.89. The van der Waals surface area contributed by atoms with E-state index in [1.165, 1.54) is 0 Å². The summed E-state index contributed by atoms with van der Waals surface area (Å²) < 4.78 is 0.807. The van der Waals surface area contributed by atoms with Crippen LogP contribution in [0.25, 0.3) is 0 Å². The lowest BCUT2D eigenvalue weighted by Crippen LogP contribution is -1.85. The third-order valence-corrected chi connectivity index (χ3v) is 3.30. The van der Waals surface area contributed by atoms with Crippen molar-refractivity contribution in [1.29, 1.82) is 5.26 Å². The standard InChI is InChI=1S/C8H4Br2ClN/c9-6-3-5(7(10)4-12)1-2-8(6)11/h1-3,7H. The Kier molecular flexibility index (Phi) is 3.57. The highest BCUT2D eigenvalue weighted by Gasteiger charge is 2.06. The van der Waals surface area contributed by atoms with Gasteiger partial charge in [-0.2, -0.15) is 5.26 Å². The zero-order chi connectivity index (χ0) is 9.14. The van der Waals surface area contributed by atoms with Gasteiger partial charge < -0.3 is 0 Å². The largest absolute Gasteiger partial charge is 0.197 e. The highest BCUT2D eigenvalue weighted by atomic mass is 79.9. The van der Waals surface area contributed by atoms with Crippen LogP contribution in [0.1, 0.15) is 10.4 Å². The highest BCUT2D eigenvalue weighted by molar-refractivity contribution is 9.10. The van der Waals surface area contributed by atoms with E-state index in [1.807, 2.05) is 12.1 Å². The van der Waals surface area contributed by atoms with Gasteiger partial charge in [-0.25, -0.2) is 0 Å². The van der Waals surface area contributed by atoms with Gasteiger partial charge in [0.15, 0.2) is 0 Å². The van der Waals surface area contributed by atoms with Gasteiger partial charge in [0.05, 0.1) is 11.1 Å². The van der Waals surface area contributed by atoms with Gasteiger partial charge >= 0.3 is 0 Å². The molecule has 1 nitrogen and oxygen atoms in total. The Hall–Kier alpha value is -0.0400. The Bertz CT molecular complexity index is 332. The minimum Gasteiger partial charge on any atom is -0.197 e. The van der Waals surface area contributed by atoms with Gasteiger partial charge in [-0.3, -0.25) is 0 Å². The molecule has 0 aliphatic rings. The number of nitrogens with zero attached hydrogens (tertiary/aromatic N) is 1. The van der Waals surface area contributed by atoms with Crippen LogP contribution in [0.5, 0.6) is 0 Å². The van der Waals surface area contributed by atoms with Gasteiger partial charge in [0.2, 0.25) is 0 Å². The lowest BCUT2D eigenvalue weighted by atomic mass is 10.2. The Morgan fingerprint density at radius 1 is 1.50 bits per heavy atom. The molecule has 12 heavy (non-hydrogen) atoms. The fourth-order valence-electron chi connectivity index (χ4n) is 0.745. The summed E-state index contributed by atoms with van der Waals surface area (Å²) >= 11 is 12.3. The minimum absolute atomic E-state index is 0.272. The van der Waals surface area contributed by atoms with Crippen LogP contribution in [0.4, 0.5) is 0 Å². The second kappa shape index (κ2) is 4.27. The molecule has 1 rings (SSSR count). The van der Waals surface area contributed by atoms with Gasteiger partial charge in [0.25, 0.3) is 0 Å². The Morgan fingerprint density at radius 3 is 2.67 bits per heavy atom. The van der Waals surface area contributed by atoms with Crippen LogP contribution in [-0.4, -0.2) is 0 Å². The van der Waals surface area contributed by atoms with Crippen molar-refractivity contribution in [2.24, 2.45) is 0 Å². The fourth-order valence-corrected chi connectivity index (χ4v) is 1.54. The molecule has 0 fully saturated rings. The number of rotatable bonds is 1.